The summed E-state index contributed by atoms with van der Waals surface area (Å²) in [6, 6.07) is 7.53. The molecule has 0 aromatic heterocycles. The van der Waals surface area contributed by atoms with Crippen molar-refractivity contribution in [3.05, 3.63) is 35.4 Å². The predicted octanol–water partition coefficient (Wildman–Crippen LogP) is 2.73. The van der Waals surface area contributed by atoms with Gasteiger partial charge in [-0.2, -0.15) is 0 Å². The molecule has 0 aliphatic heterocycles. The molecule has 1 unspecified atom stereocenters. The summed E-state index contributed by atoms with van der Waals surface area (Å²) in [4.78, 5) is 0. The maximum Gasteiger partial charge on any atom is 0.170 e. The minimum Gasteiger partial charge on any atom is -0.409 e. The first-order chi connectivity index (χ1) is 8.67. The molecule has 0 saturated heterocycles. The van der Waals surface area contributed by atoms with Gasteiger partial charge in [-0.1, -0.05) is 43.6 Å². The van der Waals surface area contributed by atoms with E-state index in [1.165, 1.54) is 12.8 Å². The van der Waals surface area contributed by atoms with E-state index in [2.05, 4.69) is 19.0 Å². The predicted molar refractivity (Wildman–Crippen MR) is 72.7 cm³/mol. The van der Waals surface area contributed by atoms with E-state index in [1.54, 1.807) is 6.07 Å². The van der Waals surface area contributed by atoms with E-state index in [-0.39, 0.29) is 5.84 Å². The first-order valence-corrected chi connectivity index (χ1v) is 6.32. The van der Waals surface area contributed by atoms with Crippen LogP contribution in [0.3, 0.4) is 0 Å². The lowest BCUT2D eigenvalue weighted by atomic mass is 10.1. The van der Waals surface area contributed by atoms with Crippen molar-refractivity contribution in [2.75, 3.05) is 6.61 Å². The Morgan fingerprint density at radius 1 is 1.50 bits per heavy atom. The zero-order valence-electron chi connectivity index (χ0n) is 11.1. The van der Waals surface area contributed by atoms with E-state index >= 15 is 0 Å². The molecule has 1 aromatic carbocycles. The van der Waals surface area contributed by atoms with Gasteiger partial charge in [-0.05, 0) is 24.0 Å². The second-order valence-electron chi connectivity index (χ2n) is 4.59. The lowest BCUT2D eigenvalue weighted by Crippen LogP contribution is -2.13. The van der Waals surface area contributed by atoms with Crippen molar-refractivity contribution in [1.29, 1.82) is 0 Å². The van der Waals surface area contributed by atoms with Crippen LogP contribution in [-0.4, -0.2) is 17.6 Å². The van der Waals surface area contributed by atoms with Crippen molar-refractivity contribution >= 4 is 5.84 Å². The highest BCUT2D eigenvalue weighted by Crippen LogP contribution is 2.09. The van der Waals surface area contributed by atoms with E-state index in [4.69, 9.17) is 15.7 Å². The third-order valence-electron chi connectivity index (χ3n) is 2.78. The molecule has 100 valence electrons. The monoisotopic (exact) mass is 250 g/mol. The first kappa shape index (κ1) is 14.5. The average Bonchev–Trinajstić information content (AvgIpc) is 2.38. The molecule has 18 heavy (non-hydrogen) atoms. The SMILES string of the molecule is CCCC(C)COCc1cccc(/C(N)=N/O)c1. The number of hydrogen-bond acceptors (Lipinski definition) is 3. The summed E-state index contributed by atoms with van der Waals surface area (Å²) in [5.74, 6) is 0.707. The number of hydrogen-bond donors (Lipinski definition) is 2. The van der Waals surface area contributed by atoms with Crippen molar-refractivity contribution < 1.29 is 9.94 Å². The smallest absolute Gasteiger partial charge is 0.170 e. The van der Waals surface area contributed by atoms with E-state index in [9.17, 15) is 0 Å². The van der Waals surface area contributed by atoms with Gasteiger partial charge in [-0.15, -0.1) is 0 Å². The molecule has 0 aliphatic carbocycles. The number of benzene rings is 1. The summed E-state index contributed by atoms with van der Waals surface area (Å²) in [7, 11) is 0. The third-order valence-corrected chi connectivity index (χ3v) is 2.78. The summed E-state index contributed by atoms with van der Waals surface area (Å²) in [5.41, 5.74) is 7.28. The Kier molecular flexibility index (Phi) is 6.22. The number of oxime groups is 1. The highest BCUT2D eigenvalue weighted by molar-refractivity contribution is 5.97. The zero-order valence-corrected chi connectivity index (χ0v) is 11.1. The van der Waals surface area contributed by atoms with E-state index in [0.29, 0.717) is 18.1 Å². The quantitative estimate of drug-likeness (QED) is 0.338. The van der Waals surface area contributed by atoms with Crippen LogP contribution in [0.25, 0.3) is 0 Å². The van der Waals surface area contributed by atoms with Gasteiger partial charge in [0.25, 0.3) is 0 Å². The van der Waals surface area contributed by atoms with E-state index in [1.807, 2.05) is 18.2 Å². The molecule has 0 saturated carbocycles. The van der Waals surface area contributed by atoms with Gasteiger partial charge in [0.1, 0.15) is 0 Å². The number of amidine groups is 1. The van der Waals surface area contributed by atoms with Crippen LogP contribution in [0.5, 0.6) is 0 Å². The maximum absolute atomic E-state index is 8.62. The van der Waals surface area contributed by atoms with Gasteiger partial charge in [0.2, 0.25) is 0 Å². The Morgan fingerprint density at radius 2 is 2.28 bits per heavy atom. The van der Waals surface area contributed by atoms with Gasteiger partial charge in [-0.25, -0.2) is 0 Å². The average molecular weight is 250 g/mol. The summed E-state index contributed by atoms with van der Waals surface area (Å²) < 4.78 is 5.66. The molecular weight excluding hydrogens is 228 g/mol. The summed E-state index contributed by atoms with van der Waals surface area (Å²) in [6.07, 6.45) is 2.37. The topological polar surface area (TPSA) is 67.8 Å². The molecule has 0 bridgehead atoms. The summed E-state index contributed by atoms with van der Waals surface area (Å²) in [6.45, 7) is 5.69. The first-order valence-electron chi connectivity index (χ1n) is 6.32. The standard InChI is InChI=1S/C14H22N2O2/c1-3-5-11(2)9-18-10-12-6-4-7-13(8-12)14(15)16-17/h4,6-8,11,17H,3,5,9-10H2,1-2H3,(H2,15,16). The van der Waals surface area contributed by atoms with Gasteiger partial charge in [0.15, 0.2) is 5.84 Å². The molecule has 1 rings (SSSR count). The highest BCUT2D eigenvalue weighted by atomic mass is 16.5. The van der Waals surface area contributed by atoms with Crippen LogP contribution in [0.15, 0.2) is 29.4 Å². The van der Waals surface area contributed by atoms with Crippen LogP contribution in [0.4, 0.5) is 0 Å². The zero-order chi connectivity index (χ0) is 13.4. The summed E-state index contributed by atoms with van der Waals surface area (Å²) >= 11 is 0. The van der Waals surface area contributed by atoms with Crippen LogP contribution in [0.1, 0.15) is 37.8 Å². The van der Waals surface area contributed by atoms with Crippen LogP contribution in [-0.2, 0) is 11.3 Å². The Balaban J connectivity index is 2.48. The number of nitrogens with zero attached hydrogens (tertiary/aromatic N) is 1. The summed E-state index contributed by atoms with van der Waals surface area (Å²) in [5, 5.41) is 11.6. The largest absolute Gasteiger partial charge is 0.409 e. The van der Waals surface area contributed by atoms with Crippen LogP contribution >= 0.6 is 0 Å². The highest BCUT2D eigenvalue weighted by Gasteiger charge is 2.03. The fourth-order valence-corrected chi connectivity index (χ4v) is 1.83. The second-order valence-corrected chi connectivity index (χ2v) is 4.59. The lowest BCUT2D eigenvalue weighted by Gasteiger charge is -2.11. The normalized spacial score (nSPS) is 13.6. The van der Waals surface area contributed by atoms with Crippen molar-refractivity contribution in [2.24, 2.45) is 16.8 Å². The Bertz CT molecular complexity index is 391. The second kappa shape index (κ2) is 7.71. The van der Waals surface area contributed by atoms with Gasteiger partial charge in [0.05, 0.1) is 6.61 Å². The number of rotatable bonds is 7. The van der Waals surface area contributed by atoms with Gasteiger partial charge in [0, 0.05) is 12.2 Å². The molecule has 0 radical (unpaired) electrons. The molecule has 4 nitrogen and oxygen atoms in total. The molecule has 0 heterocycles. The van der Waals surface area contributed by atoms with Crippen LogP contribution < -0.4 is 5.73 Å². The van der Waals surface area contributed by atoms with Crippen molar-refractivity contribution in [2.45, 2.75) is 33.3 Å². The minimum atomic E-state index is 0.121. The molecule has 1 aromatic rings. The molecule has 0 aliphatic rings. The lowest BCUT2D eigenvalue weighted by molar-refractivity contribution is 0.0893. The Morgan fingerprint density at radius 3 is 2.94 bits per heavy atom. The van der Waals surface area contributed by atoms with Gasteiger partial charge < -0.3 is 15.7 Å². The van der Waals surface area contributed by atoms with Gasteiger partial charge >= 0.3 is 0 Å². The fraction of sp³-hybridized carbons (Fsp3) is 0.500. The molecule has 0 spiro atoms. The van der Waals surface area contributed by atoms with Crippen LogP contribution in [0.2, 0.25) is 0 Å². The molecule has 0 fully saturated rings. The molecular formula is C14H22N2O2. The molecule has 3 N–H and O–H groups in total. The third kappa shape index (κ3) is 4.75. The van der Waals surface area contributed by atoms with Crippen molar-refractivity contribution in [1.82, 2.24) is 0 Å². The van der Waals surface area contributed by atoms with Crippen molar-refractivity contribution in [3.8, 4) is 0 Å². The molecule has 4 heteroatoms. The fourth-order valence-electron chi connectivity index (χ4n) is 1.83. The molecule has 1 atom stereocenters. The Hall–Kier alpha value is -1.55. The van der Waals surface area contributed by atoms with E-state index in [0.717, 1.165) is 12.2 Å². The van der Waals surface area contributed by atoms with Gasteiger partial charge in [-0.3, -0.25) is 0 Å². The van der Waals surface area contributed by atoms with Crippen molar-refractivity contribution in [3.63, 3.8) is 0 Å². The van der Waals surface area contributed by atoms with Crippen LogP contribution in [0, 0.1) is 5.92 Å². The molecule has 0 amide bonds. The number of ether oxygens (including phenoxy) is 1. The minimum absolute atomic E-state index is 0.121. The Labute approximate surface area is 108 Å². The maximum atomic E-state index is 8.62. The number of nitrogens with two attached hydrogens (primary N) is 1. The van der Waals surface area contributed by atoms with E-state index < -0.39 is 0 Å².